The predicted octanol–water partition coefficient (Wildman–Crippen LogP) is 3.44. The van der Waals surface area contributed by atoms with Crippen LogP contribution in [0.1, 0.15) is 52.4 Å². The summed E-state index contributed by atoms with van der Waals surface area (Å²) in [6, 6.07) is 0.872. The van der Waals surface area contributed by atoms with Gasteiger partial charge in [0.05, 0.1) is 27.2 Å². The molecule has 1 nitrogen and oxygen atoms in total. The summed E-state index contributed by atoms with van der Waals surface area (Å²) in [6.07, 6.45) is 8.28. The Labute approximate surface area is 84.7 Å². The van der Waals surface area contributed by atoms with Crippen LogP contribution in [0.4, 0.5) is 0 Å². The van der Waals surface area contributed by atoms with Crippen molar-refractivity contribution in [2.24, 2.45) is 0 Å². The zero-order valence-corrected chi connectivity index (χ0v) is 10.3. The van der Waals surface area contributed by atoms with Crippen molar-refractivity contribution in [3.8, 4) is 0 Å². The lowest BCUT2D eigenvalue weighted by Gasteiger charge is -2.34. The second-order valence-electron chi connectivity index (χ2n) is 5.05. The maximum Gasteiger partial charge on any atom is 0.0884 e. The highest BCUT2D eigenvalue weighted by Crippen LogP contribution is 2.17. The summed E-state index contributed by atoms with van der Waals surface area (Å²) in [4.78, 5) is 0. The first-order valence-corrected chi connectivity index (χ1v) is 5.83. The molecular weight excluding hydrogens is 158 g/mol. The van der Waals surface area contributed by atoms with E-state index in [1.807, 2.05) is 0 Å². The molecule has 0 aromatic rings. The summed E-state index contributed by atoms with van der Waals surface area (Å²) < 4.78 is 1.14. The van der Waals surface area contributed by atoms with E-state index in [-0.39, 0.29) is 0 Å². The number of rotatable bonds is 7. The molecule has 1 unspecified atom stereocenters. The molecular formula is C12H28N+. The predicted molar refractivity (Wildman–Crippen MR) is 60.9 cm³/mol. The van der Waals surface area contributed by atoms with Crippen LogP contribution in [0.15, 0.2) is 0 Å². The van der Waals surface area contributed by atoms with E-state index < -0.39 is 0 Å². The molecule has 0 aromatic heterocycles. The van der Waals surface area contributed by atoms with Crippen molar-refractivity contribution in [3.63, 3.8) is 0 Å². The Bertz CT molecular complexity index is 113. The van der Waals surface area contributed by atoms with Crippen LogP contribution in [0.3, 0.4) is 0 Å². The van der Waals surface area contributed by atoms with Crippen LogP contribution in [0.2, 0.25) is 0 Å². The van der Waals surface area contributed by atoms with Gasteiger partial charge >= 0.3 is 0 Å². The van der Waals surface area contributed by atoms with Gasteiger partial charge in [0.2, 0.25) is 0 Å². The fourth-order valence-electron chi connectivity index (χ4n) is 1.88. The average Bonchev–Trinajstić information content (AvgIpc) is 2.01. The summed E-state index contributed by atoms with van der Waals surface area (Å²) >= 11 is 0. The summed E-state index contributed by atoms with van der Waals surface area (Å²) in [5.74, 6) is 0. The van der Waals surface area contributed by atoms with Gasteiger partial charge in [0.1, 0.15) is 0 Å². The van der Waals surface area contributed by atoms with E-state index in [1.54, 1.807) is 0 Å². The van der Waals surface area contributed by atoms with E-state index >= 15 is 0 Å². The van der Waals surface area contributed by atoms with Gasteiger partial charge in [-0.25, -0.2) is 0 Å². The molecule has 0 radical (unpaired) electrons. The summed E-state index contributed by atoms with van der Waals surface area (Å²) in [7, 11) is 6.98. The molecule has 0 heterocycles. The zero-order chi connectivity index (χ0) is 10.3. The maximum atomic E-state index is 2.33. The van der Waals surface area contributed by atoms with E-state index in [0.717, 1.165) is 10.5 Å². The Kier molecular flexibility index (Phi) is 6.40. The van der Waals surface area contributed by atoms with E-state index in [9.17, 15) is 0 Å². The molecule has 0 saturated heterocycles. The van der Waals surface area contributed by atoms with Gasteiger partial charge in [-0.1, -0.05) is 33.1 Å². The summed E-state index contributed by atoms with van der Waals surface area (Å²) in [6.45, 7) is 4.57. The molecule has 0 aromatic carbocycles. The van der Waals surface area contributed by atoms with Crippen molar-refractivity contribution in [2.75, 3.05) is 21.1 Å². The molecule has 0 saturated carbocycles. The van der Waals surface area contributed by atoms with Gasteiger partial charge in [0.15, 0.2) is 0 Å². The van der Waals surface area contributed by atoms with Crippen molar-refractivity contribution in [2.45, 2.75) is 58.4 Å². The SMILES string of the molecule is CCCCCC(CCC)[N+](C)(C)C. The second-order valence-corrected chi connectivity index (χ2v) is 5.05. The quantitative estimate of drug-likeness (QED) is 0.422. The van der Waals surface area contributed by atoms with Gasteiger partial charge in [0.25, 0.3) is 0 Å². The van der Waals surface area contributed by atoms with Gasteiger partial charge in [-0.2, -0.15) is 0 Å². The molecule has 0 fully saturated rings. The topological polar surface area (TPSA) is 0 Å². The molecule has 0 N–H and O–H groups in total. The highest BCUT2D eigenvalue weighted by atomic mass is 15.3. The first kappa shape index (κ1) is 13.0. The maximum absolute atomic E-state index is 2.33. The van der Waals surface area contributed by atoms with Crippen LogP contribution < -0.4 is 0 Å². The van der Waals surface area contributed by atoms with E-state index in [1.165, 1.54) is 38.5 Å². The van der Waals surface area contributed by atoms with Gasteiger partial charge in [-0.15, -0.1) is 0 Å². The molecule has 13 heavy (non-hydrogen) atoms. The standard InChI is InChI=1S/C12H28N/c1-6-8-9-11-12(10-7-2)13(3,4)5/h12H,6-11H2,1-5H3/q+1. The normalized spacial score (nSPS) is 14.5. The van der Waals surface area contributed by atoms with E-state index in [4.69, 9.17) is 0 Å². The van der Waals surface area contributed by atoms with Gasteiger partial charge < -0.3 is 4.48 Å². The number of hydrogen-bond donors (Lipinski definition) is 0. The van der Waals surface area contributed by atoms with Crippen LogP contribution in [-0.4, -0.2) is 31.7 Å². The third kappa shape index (κ3) is 6.09. The van der Waals surface area contributed by atoms with E-state index in [0.29, 0.717) is 0 Å². The smallest absolute Gasteiger partial charge is 0.0884 e. The molecule has 1 heteroatoms. The zero-order valence-electron chi connectivity index (χ0n) is 10.3. The number of hydrogen-bond acceptors (Lipinski definition) is 0. The minimum Gasteiger partial charge on any atom is -0.328 e. The molecule has 0 aliphatic carbocycles. The molecule has 0 aliphatic heterocycles. The molecule has 0 spiro atoms. The van der Waals surface area contributed by atoms with Gasteiger partial charge in [0, 0.05) is 0 Å². The van der Waals surface area contributed by atoms with Gasteiger partial charge in [-0.3, -0.25) is 0 Å². The highest BCUT2D eigenvalue weighted by Gasteiger charge is 2.21. The lowest BCUT2D eigenvalue weighted by Crippen LogP contribution is -2.44. The Balaban J connectivity index is 3.81. The van der Waals surface area contributed by atoms with E-state index in [2.05, 4.69) is 35.0 Å². The molecule has 0 amide bonds. The summed E-state index contributed by atoms with van der Waals surface area (Å²) in [5, 5.41) is 0. The molecule has 0 aliphatic rings. The summed E-state index contributed by atoms with van der Waals surface area (Å²) in [5.41, 5.74) is 0. The Morgan fingerprint density at radius 3 is 1.85 bits per heavy atom. The molecule has 0 bridgehead atoms. The minimum absolute atomic E-state index is 0.872. The first-order chi connectivity index (χ1) is 6.02. The van der Waals surface area contributed by atoms with Crippen LogP contribution in [0.25, 0.3) is 0 Å². The van der Waals surface area contributed by atoms with Crippen molar-refractivity contribution in [1.82, 2.24) is 0 Å². The fourth-order valence-corrected chi connectivity index (χ4v) is 1.88. The van der Waals surface area contributed by atoms with Crippen molar-refractivity contribution >= 4 is 0 Å². The molecule has 80 valence electrons. The van der Waals surface area contributed by atoms with Crippen LogP contribution >= 0.6 is 0 Å². The third-order valence-electron chi connectivity index (χ3n) is 2.86. The minimum atomic E-state index is 0.872. The molecule has 1 atom stereocenters. The van der Waals surface area contributed by atoms with Gasteiger partial charge in [-0.05, 0) is 19.3 Å². The van der Waals surface area contributed by atoms with Crippen molar-refractivity contribution in [3.05, 3.63) is 0 Å². The van der Waals surface area contributed by atoms with Crippen LogP contribution in [0.5, 0.6) is 0 Å². The lowest BCUT2D eigenvalue weighted by molar-refractivity contribution is -0.896. The third-order valence-corrected chi connectivity index (χ3v) is 2.86. The van der Waals surface area contributed by atoms with Crippen LogP contribution in [0, 0.1) is 0 Å². The Hall–Kier alpha value is -0.0400. The lowest BCUT2D eigenvalue weighted by atomic mass is 10.0. The fraction of sp³-hybridized carbons (Fsp3) is 1.00. The van der Waals surface area contributed by atoms with Crippen molar-refractivity contribution in [1.29, 1.82) is 0 Å². The highest BCUT2D eigenvalue weighted by molar-refractivity contribution is 4.57. The van der Waals surface area contributed by atoms with Crippen molar-refractivity contribution < 1.29 is 4.48 Å². The Morgan fingerprint density at radius 2 is 1.46 bits per heavy atom. The molecule has 0 rings (SSSR count). The largest absolute Gasteiger partial charge is 0.328 e. The number of nitrogens with zero attached hydrogens (tertiary/aromatic N) is 1. The average molecular weight is 186 g/mol. The second kappa shape index (κ2) is 6.42. The number of unbranched alkanes of at least 4 members (excludes halogenated alkanes) is 2. The monoisotopic (exact) mass is 186 g/mol. The number of quaternary nitrogens is 1. The Morgan fingerprint density at radius 1 is 0.846 bits per heavy atom. The first-order valence-electron chi connectivity index (χ1n) is 5.83. The van der Waals surface area contributed by atoms with Crippen LogP contribution in [-0.2, 0) is 0 Å².